The van der Waals surface area contributed by atoms with E-state index in [2.05, 4.69) is 46.5 Å². The van der Waals surface area contributed by atoms with E-state index in [1.54, 1.807) is 6.08 Å². The zero-order chi connectivity index (χ0) is 27.8. The first-order valence-electron chi connectivity index (χ1n) is 13.2. The van der Waals surface area contributed by atoms with E-state index >= 15 is 0 Å². The average molecular weight is 547 g/mol. The molecule has 1 aromatic heterocycles. The number of carbonyl (C=O) groups excluding carboxylic acids is 2. The number of anilines is 2. The minimum absolute atomic E-state index is 0.00690. The number of piperazine rings is 1. The molecular formula is C30H35ClN6O2. The molecule has 3 aromatic rings. The van der Waals surface area contributed by atoms with Crippen molar-refractivity contribution in [3.8, 4) is 11.4 Å². The number of aromatic nitrogens is 2. The van der Waals surface area contributed by atoms with Gasteiger partial charge in [0.05, 0.1) is 0 Å². The molecule has 2 amide bonds. The Kier molecular flexibility index (Phi) is 9.54. The molecule has 1 fully saturated rings. The van der Waals surface area contributed by atoms with Crippen molar-refractivity contribution < 1.29 is 9.59 Å². The summed E-state index contributed by atoms with van der Waals surface area (Å²) in [6.07, 6.45) is 3.53. The van der Waals surface area contributed by atoms with Crippen molar-refractivity contribution in [1.29, 1.82) is 0 Å². The van der Waals surface area contributed by atoms with E-state index in [-0.39, 0.29) is 11.8 Å². The number of nitrogens with one attached hydrogen (secondary N) is 2. The van der Waals surface area contributed by atoms with Crippen LogP contribution >= 0.6 is 11.6 Å². The third-order valence-electron chi connectivity index (χ3n) is 6.56. The third kappa shape index (κ3) is 8.04. The third-order valence-corrected chi connectivity index (χ3v) is 6.81. The predicted octanol–water partition coefficient (Wildman–Crippen LogP) is 4.83. The highest BCUT2D eigenvalue weighted by Crippen LogP contribution is 2.25. The van der Waals surface area contributed by atoms with Crippen LogP contribution in [0.1, 0.15) is 37.8 Å². The molecule has 1 aliphatic rings. The summed E-state index contributed by atoms with van der Waals surface area (Å²) in [4.78, 5) is 37.6. The Bertz CT molecular complexity index is 1300. The maximum atomic E-state index is 12.8. The van der Waals surface area contributed by atoms with Gasteiger partial charge >= 0.3 is 0 Å². The maximum absolute atomic E-state index is 12.8. The van der Waals surface area contributed by atoms with Gasteiger partial charge in [-0.3, -0.25) is 9.59 Å². The number of amides is 2. The monoisotopic (exact) mass is 546 g/mol. The summed E-state index contributed by atoms with van der Waals surface area (Å²) in [6.45, 7) is 9.36. The van der Waals surface area contributed by atoms with Crippen LogP contribution in [0, 0.1) is 0 Å². The molecule has 4 rings (SSSR count). The first-order valence-corrected chi connectivity index (χ1v) is 13.6. The van der Waals surface area contributed by atoms with Crippen LogP contribution in [0.15, 0.2) is 60.7 Å². The quantitative estimate of drug-likeness (QED) is 0.295. The minimum Gasteiger partial charge on any atom is -0.368 e. The summed E-state index contributed by atoms with van der Waals surface area (Å²) in [5.41, 5.74) is 3.15. The van der Waals surface area contributed by atoms with Gasteiger partial charge in [-0.2, -0.15) is 0 Å². The van der Waals surface area contributed by atoms with Crippen molar-refractivity contribution in [3.05, 3.63) is 76.8 Å². The summed E-state index contributed by atoms with van der Waals surface area (Å²) in [5.74, 6) is 2.44. The van der Waals surface area contributed by atoms with Gasteiger partial charge in [-0.25, -0.2) is 9.97 Å². The Hall–Kier alpha value is -3.91. The summed E-state index contributed by atoms with van der Waals surface area (Å²) < 4.78 is 0. The predicted molar refractivity (Wildman–Crippen MR) is 158 cm³/mol. The molecule has 0 spiro atoms. The molecule has 0 bridgehead atoms. The van der Waals surface area contributed by atoms with Crippen LogP contribution in [-0.4, -0.2) is 66.0 Å². The van der Waals surface area contributed by atoms with Crippen molar-refractivity contribution in [2.24, 2.45) is 0 Å². The van der Waals surface area contributed by atoms with Gasteiger partial charge < -0.3 is 20.4 Å². The Morgan fingerprint density at radius 3 is 2.31 bits per heavy atom. The first-order chi connectivity index (χ1) is 18.8. The molecule has 2 aromatic carbocycles. The van der Waals surface area contributed by atoms with Crippen molar-refractivity contribution in [2.45, 2.75) is 26.7 Å². The number of halogens is 1. The highest BCUT2D eigenvalue weighted by molar-refractivity contribution is 6.30. The summed E-state index contributed by atoms with van der Waals surface area (Å²) in [6, 6.07) is 17.6. The summed E-state index contributed by atoms with van der Waals surface area (Å²) in [5, 5.41) is 6.70. The maximum Gasteiger partial charge on any atom is 0.246 e. The molecule has 0 radical (unpaired) electrons. The van der Waals surface area contributed by atoms with E-state index in [0.717, 1.165) is 16.9 Å². The lowest BCUT2D eigenvalue weighted by molar-refractivity contribution is -0.126. The molecule has 2 N–H and O–H groups in total. The van der Waals surface area contributed by atoms with Crippen LogP contribution in [0.3, 0.4) is 0 Å². The van der Waals surface area contributed by atoms with Gasteiger partial charge in [-0.15, -0.1) is 0 Å². The Morgan fingerprint density at radius 1 is 0.974 bits per heavy atom. The van der Waals surface area contributed by atoms with E-state index in [0.29, 0.717) is 61.9 Å². The SMILES string of the molecule is CC(=O)NCCNc1cc(N2CCN(C(=O)/C=C/c3ccc(C(C)C)cc3)CC2)nc(-c2ccc(Cl)cc2)n1. The van der Waals surface area contributed by atoms with Crippen molar-refractivity contribution >= 4 is 41.1 Å². The topological polar surface area (TPSA) is 90.5 Å². The molecule has 1 saturated heterocycles. The van der Waals surface area contributed by atoms with Crippen LogP contribution in [0.2, 0.25) is 5.02 Å². The highest BCUT2D eigenvalue weighted by Gasteiger charge is 2.22. The van der Waals surface area contributed by atoms with Gasteiger partial charge in [-0.05, 0) is 47.4 Å². The van der Waals surface area contributed by atoms with Gasteiger partial charge in [-0.1, -0.05) is 49.7 Å². The minimum atomic E-state index is -0.0756. The normalized spacial score (nSPS) is 13.7. The molecule has 0 atom stereocenters. The smallest absolute Gasteiger partial charge is 0.246 e. The molecular weight excluding hydrogens is 512 g/mol. The Labute approximate surface area is 235 Å². The number of nitrogens with zero attached hydrogens (tertiary/aromatic N) is 4. The standard InChI is InChI=1S/C30H35ClN6O2/c1-21(2)24-7-4-23(5-8-24)6-13-29(39)37-18-16-36(17-19-37)28-20-27(33-15-14-32-22(3)38)34-30(35-28)25-9-11-26(31)12-10-25/h4-13,20-21H,14-19H2,1-3H3,(H,32,38)(H,33,34,35)/b13-6+. The molecule has 1 aliphatic heterocycles. The lowest BCUT2D eigenvalue weighted by Gasteiger charge is -2.35. The zero-order valence-electron chi connectivity index (χ0n) is 22.7. The molecule has 9 heteroatoms. The highest BCUT2D eigenvalue weighted by atomic mass is 35.5. The second-order valence-electron chi connectivity index (χ2n) is 9.82. The first kappa shape index (κ1) is 28.1. The van der Waals surface area contributed by atoms with E-state index < -0.39 is 0 Å². The van der Waals surface area contributed by atoms with Gasteiger partial charge in [0.2, 0.25) is 11.8 Å². The van der Waals surface area contributed by atoms with Gasteiger partial charge in [0.1, 0.15) is 11.6 Å². The van der Waals surface area contributed by atoms with E-state index in [1.165, 1.54) is 12.5 Å². The molecule has 204 valence electrons. The van der Waals surface area contributed by atoms with Crippen LogP contribution in [0.25, 0.3) is 17.5 Å². The lowest BCUT2D eigenvalue weighted by Crippen LogP contribution is -2.48. The molecule has 39 heavy (non-hydrogen) atoms. The van der Waals surface area contributed by atoms with Crippen molar-refractivity contribution in [2.75, 3.05) is 49.5 Å². The van der Waals surface area contributed by atoms with E-state index in [1.807, 2.05) is 53.4 Å². The number of carbonyl (C=O) groups is 2. The van der Waals surface area contributed by atoms with Gasteiger partial charge in [0, 0.05) is 68.9 Å². The number of benzene rings is 2. The number of hydrogen-bond acceptors (Lipinski definition) is 6. The fraction of sp³-hybridized carbons (Fsp3) is 0.333. The fourth-order valence-corrected chi connectivity index (χ4v) is 4.39. The largest absolute Gasteiger partial charge is 0.368 e. The van der Waals surface area contributed by atoms with E-state index in [9.17, 15) is 9.59 Å². The van der Waals surface area contributed by atoms with E-state index in [4.69, 9.17) is 16.6 Å². The van der Waals surface area contributed by atoms with Gasteiger partial charge in [0.25, 0.3) is 0 Å². The molecule has 2 heterocycles. The fourth-order valence-electron chi connectivity index (χ4n) is 4.27. The van der Waals surface area contributed by atoms with Crippen LogP contribution in [0.5, 0.6) is 0 Å². The average Bonchev–Trinajstić information content (AvgIpc) is 2.94. The summed E-state index contributed by atoms with van der Waals surface area (Å²) >= 11 is 6.07. The second-order valence-corrected chi connectivity index (χ2v) is 10.3. The lowest BCUT2D eigenvalue weighted by atomic mass is 10.0. The number of rotatable bonds is 9. The Balaban J connectivity index is 1.42. The van der Waals surface area contributed by atoms with Gasteiger partial charge in [0.15, 0.2) is 5.82 Å². The number of hydrogen-bond donors (Lipinski definition) is 2. The van der Waals surface area contributed by atoms with Crippen molar-refractivity contribution in [1.82, 2.24) is 20.2 Å². The molecule has 0 aliphatic carbocycles. The van der Waals surface area contributed by atoms with Crippen LogP contribution < -0.4 is 15.5 Å². The van der Waals surface area contributed by atoms with Crippen molar-refractivity contribution in [3.63, 3.8) is 0 Å². The van der Waals surface area contributed by atoms with Crippen LogP contribution in [0.4, 0.5) is 11.6 Å². The molecule has 0 unspecified atom stereocenters. The second kappa shape index (κ2) is 13.2. The molecule has 0 saturated carbocycles. The zero-order valence-corrected chi connectivity index (χ0v) is 23.4. The Morgan fingerprint density at radius 2 is 1.67 bits per heavy atom. The van der Waals surface area contributed by atoms with Crippen LogP contribution in [-0.2, 0) is 9.59 Å². The summed E-state index contributed by atoms with van der Waals surface area (Å²) in [7, 11) is 0. The molecule has 8 nitrogen and oxygen atoms in total.